The van der Waals surface area contributed by atoms with Gasteiger partial charge in [-0.3, -0.25) is 9.78 Å². The first-order valence-electron chi connectivity index (χ1n) is 5.76. The Morgan fingerprint density at radius 2 is 2.22 bits per heavy atom. The average Bonchev–Trinajstić information content (AvgIpc) is 2.95. The number of halogens is 2. The van der Waals surface area contributed by atoms with Crippen LogP contribution in [-0.4, -0.2) is 26.4 Å². The lowest BCUT2D eigenvalue weighted by Crippen LogP contribution is -2.06. The van der Waals surface area contributed by atoms with Gasteiger partial charge in [0.25, 0.3) is 6.43 Å². The third-order valence-corrected chi connectivity index (χ3v) is 3.06. The zero-order valence-corrected chi connectivity index (χ0v) is 9.61. The average molecular weight is 250 g/mol. The van der Waals surface area contributed by atoms with Crippen LogP contribution in [0.5, 0.6) is 0 Å². The molecule has 18 heavy (non-hydrogen) atoms. The molecule has 1 aliphatic carbocycles. The minimum absolute atomic E-state index is 0.359. The second-order valence-corrected chi connectivity index (χ2v) is 4.32. The minimum Gasteiger partial charge on any atom is -0.278 e. The van der Waals surface area contributed by atoms with Crippen molar-refractivity contribution in [3.05, 3.63) is 35.4 Å². The lowest BCUT2D eigenvalue weighted by molar-refractivity contribution is 0.122. The summed E-state index contributed by atoms with van der Waals surface area (Å²) < 4.78 is 25.8. The molecule has 0 unspecified atom stereocenters. The van der Waals surface area contributed by atoms with E-state index in [4.69, 9.17) is 0 Å². The van der Waals surface area contributed by atoms with Crippen LogP contribution in [0.1, 0.15) is 23.2 Å². The second-order valence-electron chi connectivity index (χ2n) is 4.32. The van der Waals surface area contributed by atoms with Crippen molar-refractivity contribution >= 4 is 11.6 Å². The lowest BCUT2D eigenvalue weighted by Gasteiger charge is -2.10. The van der Waals surface area contributed by atoms with Crippen LogP contribution in [0.25, 0.3) is 11.6 Å². The normalized spacial score (nSPS) is 14.7. The van der Waals surface area contributed by atoms with Crippen LogP contribution < -0.4 is 0 Å². The Kier molecular flexibility index (Phi) is 2.70. The van der Waals surface area contributed by atoms with Gasteiger partial charge in [0.15, 0.2) is 0 Å². The predicted octanol–water partition coefficient (Wildman–Crippen LogP) is 2.36. The molecule has 2 aromatic rings. The fourth-order valence-electron chi connectivity index (χ4n) is 2.16. The summed E-state index contributed by atoms with van der Waals surface area (Å²) in [4.78, 5) is 0. The van der Waals surface area contributed by atoms with Crippen LogP contribution in [0.2, 0.25) is 0 Å². The highest BCUT2D eigenvalue weighted by Gasteiger charge is 2.15. The number of nitrogens with zero attached hydrogens (tertiary/aromatic N) is 3. The number of allylic oxidation sites excluding steroid dienone is 1. The van der Waals surface area contributed by atoms with Gasteiger partial charge >= 0.3 is 0 Å². The molecule has 2 heterocycles. The molecule has 0 amide bonds. The molecule has 1 N–H and O–H groups in total. The van der Waals surface area contributed by atoms with E-state index < -0.39 is 6.43 Å². The number of nitrogens with one attached hydrogen (secondary N) is 1. The summed E-state index contributed by atoms with van der Waals surface area (Å²) in [6.07, 6.45) is 6.55. The van der Waals surface area contributed by atoms with Gasteiger partial charge in [0.1, 0.15) is 6.54 Å². The molecule has 1 aliphatic rings. The second kappa shape index (κ2) is 4.36. The monoisotopic (exact) mass is 250 g/mol. The lowest BCUT2D eigenvalue weighted by atomic mass is 9.94. The van der Waals surface area contributed by atoms with E-state index in [2.05, 4.69) is 15.3 Å². The molecule has 0 atom stereocenters. The number of H-pyrrole nitrogens is 1. The molecule has 0 bridgehead atoms. The van der Waals surface area contributed by atoms with Crippen molar-refractivity contribution in [3.8, 4) is 0 Å². The van der Waals surface area contributed by atoms with Gasteiger partial charge in [-0.2, -0.15) is 10.2 Å². The summed E-state index contributed by atoms with van der Waals surface area (Å²) in [6.45, 7) is -0.359. The van der Waals surface area contributed by atoms with Crippen molar-refractivity contribution in [1.82, 2.24) is 20.0 Å². The van der Waals surface area contributed by atoms with Gasteiger partial charge in [-0.1, -0.05) is 0 Å². The van der Waals surface area contributed by atoms with E-state index in [0.29, 0.717) is 0 Å². The van der Waals surface area contributed by atoms with E-state index in [1.165, 1.54) is 10.2 Å². The first-order chi connectivity index (χ1) is 8.72. The Morgan fingerprint density at radius 1 is 1.33 bits per heavy atom. The largest absolute Gasteiger partial charge is 0.278 e. The Morgan fingerprint density at radius 3 is 3.06 bits per heavy atom. The van der Waals surface area contributed by atoms with Gasteiger partial charge in [-0.15, -0.1) is 0 Å². The summed E-state index contributed by atoms with van der Waals surface area (Å²) in [6, 6.07) is 0. The van der Waals surface area contributed by atoms with Crippen LogP contribution >= 0.6 is 0 Å². The zero-order valence-electron chi connectivity index (χ0n) is 9.61. The fraction of sp³-hybridized carbons (Fsp3) is 0.333. The van der Waals surface area contributed by atoms with Gasteiger partial charge in [0, 0.05) is 11.8 Å². The maximum atomic E-state index is 12.2. The van der Waals surface area contributed by atoms with E-state index in [0.717, 1.165) is 29.7 Å². The van der Waals surface area contributed by atoms with Gasteiger partial charge in [-0.25, -0.2) is 8.78 Å². The highest BCUT2D eigenvalue weighted by molar-refractivity contribution is 5.82. The van der Waals surface area contributed by atoms with Crippen molar-refractivity contribution in [1.29, 1.82) is 0 Å². The Hall–Kier alpha value is -1.98. The fourth-order valence-corrected chi connectivity index (χ4v) is 2.16. The van der Waals surface area contributed by atoms with Crippen molar-refractivity contribution in [2.75, 3.05) is 0 Å². The smallest absolute Gasteiger partial charge is 0.257 e. The molecule has 3 rings (SSSR count). The number of aryl methyl sites for hydroxylation is 1. The Labute approximate surface area is 102 Å². The molecule has 0 fully saturated rings. The van der Waals surface area contributed by atoms with Crippen molar-refractivity contribution in [3.63, 3.8) is 0 Å². The van der Waals surface area contributed by atoms with Crippen LogP contribution in [-0.2, 0) is 13.0 Å². The molecule has 2 aromatic heterocycles. The molecule has 0 saturated heterocycles. The third kappa shape index (κ3) is 2.05. The van der Waals surface area contributed by atoms with E-state index >= 15 is 0 Å². The van der Waals surface area contributed by atoms with E-state index in [9.17, 15) is 8.78 Å². The molecule has 4 nitrogen and oxygen atoms in total. The molecule has 0 aromatic carbocycles. The SMILES string of the molecule is FC(F)Cn1cc(C2=Cc3[nH]ncc3CC2)cn1. The quantitative estimate of drug-likeness (QED) is 0.909. The molecular formula is C12H12F2N4. The van der Waals surface area contributed by atoms with E-state index in [1.807, 2.05) is 12.3 Å². The topological polar surface area (TPSA) is 46.5 Å². The van der Waals surface area contributed by atoms with Crippen molar-refractivity contribution < 1.29 is 8.78 Å². The van der Waals surface area contributed by atoms with Crippen LogP contribution in [0, 0.1) is 0 Å². The van der Waals surface area contributed by atoms with Gasteiger partial charge < -0.3 is 0 Å². The molecule has 94 valence electrons. The highest BCUT2D eigenvalue weighted by Crippen LogP contribution is 2.28. The van der Waals surface area contributed by atoms with E-state index in [1.54, 1.807) is 12.4 Å². The summed E-state index contributed by atoms with van der Waals surface area (Å²) in [5.74, 6) is 0. The van der Waals surface area contributed by atoms with Gasteiger partial charge in [-0.05, 0) is 30.1 Å². The number of hydrogen-bond acceptors (Lipinski definition) is 2. The molecule has 0 aliphatic heterocycles. The van der Waals surface area contributed by atoms with Crippen LogP contribution in [0.3, 0.4) is 0 Å². The summed E-state index contributed by atoms with van der Waals surface area (Å²) in [7, 11) is 0. The standard InChI is InChI=1S/C12H12F2N4/c13-12(14)7-18-6-10(5-16-18)8-1-2-9-4-15-17-11(9)3-8/h3-6,12H,1-2,7H2,(H,15,17). The number of aromatic amines is 1. The maximum Gasteiger partial charge on any atom is 0.257 e. The van der Waals surface area contributed by atoms with Crippen LogP contribution in [0.4, 0.5) is 8.78 Å². The van der Waals surface area contributed by atoms with Crippen LogP contribution in [0.15, 0.2) is 18.6 Å². The summed E-state index contributed by atoms with van der Waals surface area (Å²) >= 11 is 0. The third-order valence-electron chi connectivity index (χ3n) is 3.06. The zero-order chi connectivity index (χ0) is 12.5. The number of alkyl halides is 2. The first kappa shape index (κ1) is 11.1. The maximum absolute atomic E-state index is 12.2. The minimum atomic E-state index is -2.38. The first-order valence-corrected chi connectivity index (χ1v) is 5.76. The number of aromatic nitrogens is 4. The Balaban J connectivity index is 1.86. The van der Waals surface area contributed by atoms with Crippen molar-refractivity contribution in [2.24, 2.45) is 0 Å². The molecular weight excluding hydrogens is 238 g/mol. The summed E-state index contributed by atoms with van der Waals surface area (Å²) in [5.41, 5.74) is 4.19. The number of hydrogen-bond donors (Lipinski definition) is 1. The molecule has 0 saturated carbocycles. The molecule has 0 radical (unpaired) electrons. The highest BCUT2D eigenvalue weighted by atomic mass is 19.3. The molecule has 6 heteroatoms. The number of rotatable bonds is 3. The van der Waals surface area contributed by atoms with Crippen molar-refractivity contribution in [2.45, 2.75) is 25.8 Å². The number of fused-ring (bicyclic) bond motifs is 1. The van der Waals surface area contributed by atoms with Gasteiger partial charge in [0.05, 0.1) is 18.1 Å². The van der Waals surface area contributed by atoms with E-state index in [-0.39, 0.29) is 6.54 Å². The Bertz CT molecular complexity index is 582. The molecule has 0 spiro atoms. The predicted molar refractivity (Wildman–Crippen MR) is 63.0 cm³/mol. The van der Waals surface area contributed by atoms with Gasteiger partial charge in [0.2, 0.25) is 0 Å². The summed E-state index contributed by atoms with van der Waals surface area (Å²) in [5, 5.41) is 10.9.